The van der Waals surface area contributed by atoms with Gasteiger partial charge in [-0.2, -0.15) is 0 Å². The molecule has 0 spiro atoms. The Labute approximate surface area is 84.5 Å². The molecule has 0 bridgehead atoms. The molecule has 0 amide bonds. The Morgan fingerprint density at radius 2 is 1.79 bits per heavy atom. The van der Waals surface area contributed by atoms with Crippen molar-refractivity contribution in [3.63, 3.8) is 0 Å². The Morgan fingerprint density at radius 3 is 2.14 bits per heavy atom. The summed E-state index contributed by atoms with van der Waals surface area (Å²) in [6, 6.07) is 0. The van der Waals surface area contributed by atoms with Crippen LogP contribution in [0.15, 0.2) is 0 Å². The summed E-state index contributed by atoms with van der Waals surface area (Å²) in [4.78, 5) is 11.1. The Bertz CT molecular complexity index is 271. The molecule has 1 heterocycles. The van der Waals surface area contributed by atoms with E-state index in [-0.39, 0.29) is 11.2 Å². The standard InChI is InChI=1S/C9H17O4P/c1-7(10)8(2)14(11)12-5-9(3,4)6-13-14/h8H,5-6H2,1-4H3. The molecule has 1 rings (SSSR count). The van der Waals surface area contributed by atoms with Gasteiger partial charge >= 0.3 is 7.60 Å². The molecular formula is C9H17O4P. The molecule has 0 radical (unpaired) electrons. The second-order valence-electron chi connectivity index (χ2n) is 4.54. The van der Waals surface area contributed by atoms with Crippen LogP contribution in [0.2, 0.25) is 0 Å². The van der Waals surface area contributed by atoms with Gasteiger partial charge in [0.05, 0.1) is 13.2 Å². The molecule has 1 aliphatic heterocycles. The van der Waals surface area contributed by atoms with Crippen LogP contribution >= 0.6 is 7.60 Å². The van der Waals surface area contributed by atoms with E-state index in [4.69, 9.17) is 9.05 Å². The molecule has 0 aliphatic carbocycles. The predicted molar refractivity (Wildman–Crippen MR) is 53.4 cm³/mol. The van der Waals surface area contributed by atoms with Gasteiger partial charge < -0.3 is 9.05 Å². The Kier molecular flexibility index (Phi) is 3.20. The van der Waals surface area contributed by atoms with Crippen molar-refractivity contribution in [3.05, 3.63) is 0 Å². The highest BCUT2D eigenvalue weighted by molar-refractivity contribution is 7.55. The van der Waals surface area contributed by atoms with Crippen molar-refractivity contribution in [3.8, 4) is 0 Å². The maximum atomic E-state index is 12.0. The van der Waals surface area contributed by atoms with Crippen LogP contribution < -0.4 is 0 Å². The van der Waals surface area contributed by atoms with Gasteiger partial charge in [0.15, 0.2) is 0 Å². The summed E-state index contributed by atoms with van der Waals surface area (Å²) in [5, 5.41) is 0. The lowest BCUT2D eigenvalue weighted by molar-refractivity contribution is -0.117. The maximum absolute atomic E-state index is 12.0. The lowest BCUT2D eigenvalue weighted by atomic mass is 9.97. The monoisotopic (exact) mass is 220 g/mol. The van der Waals surface area contributed by atoms with E-state index in [1.54, 1.807) is 6.92 Å². The van der Waals surface area contributed by atoms with Crippen LogP contribution in [0.4, 0.5) is 0 Å². The minimum Gasteiger partial charge on any atom is -0.307 e. The van der Waals surface area contributed by atoms with Crippen LogP contribution in [-0.2, 0) is 18.4 Å². The topological polar surface area (TPSA) is 52.6 Å². The van der Waals surface area contributed by atoms with Gasteiger partial charge in [-0.05, 0) is 13.8 Å². The van der Waals surface area contributed by atoms with E-state index >= 15 is 0 Å². The number of Topliss-reactive ketones (excluding diaryl/α,β-unsaturated/α-hetero) is 1. The van der Waals surface area contributed by atoms with Crippen molar-refractivity contribution < 1.29 is 18.4 Å². The van der Waals surface area contributed by atoms with Gasteiger partial charge in [0.1, 0.15) is 11.4 Å². The fourth-order valence-electron chi connectivity index (χ4n) is 1.05. The van der Waals surface area contributed by atoms with E-state index in [0.29, 0.717) is 13.2 Å². The molecule has 0 aromatic rings. The number of hydrogen-bond acceptors (Lipinski definition) is 4. The molecule has 0 N–H and O–H groups in total. The number of rotatable bonds is 2. The summed E-state index contributed by atoms with van der Waals surface area (Å²) in [6.07, 6.45) is 0. The zero-order valence-electron chi connectivity index (χ0n) is 9.07. The van der Waals surface area contributed by atoms with E-state index in [9.17, 15) is 9.36 Å². The van der Waals surface area contributed by atoms with Crippen LogP contribution in [0.3, 0.4) is 0 Å². The van der Waals surface area contributed by atoms with Crippen molar-refractivity contribution in [2.75, 3.05) is 13.2 Å². The van der Waals surface area contributed by atoms with Crippen molar-refractivity contribution >= 4 is 13.4 Å². The molecule has 1 unspecified atom stereocenters. The van der Waals surface area contributed by atoms with Crippen molar-refractivity contribution in [1.29, 1.82) is 0 Å². The molecule has 1 aliphatic rings. The molecule has 1 atom stereocenters. The first-order valence-corrected chi connectivity index (χ1v) is 6.27. The Balaban J connectivity index is 2.72. The molecule has 0 aromatic heterocycles. The van der Waals surface area contributed by atoms with E-state index in [1.165, 1.54) is 6.92 Å². The Hall–Kier alpha value is -0.180. The molecule has 14 heavy (non-hydrogen) atoms. The van der Waals surface area contributed by atoms with E-state index in [2.05, 4.69) is 0 Å². The van der Waals surface area contributed by atoms with Gasteiger partial charge in [0, 0.05) is 5.41 Å². The van der Waals surface area contributed by atoms with Crippen LogP contribution in [0.5, 0.6) is 0 Å². The smallest absolute Gasteiger partial charge is 0.307 e. The second kappa shape index (κ2) is 3.76. The molecule has 4 nitrogen and oxygen atoms in total. The van der Waals surface area contributed by atoms with Crippen molar-refractivity contribution in [2.24, 2.45) is 5.41 Å². The van der Waals surface area contributed by atoms with E-state index in [1.807, 2.05) is 13.8 Å². The first kappa shape index (κ1) is 11.9. The van der Waals surface area contributed by atoms with Crippen LogP contribution in [0.1, 0.15) is 27.7 Å². The lowest BCUT2D eigenvalue weighted by Gasteiger charge is -2.35. The summed E-state index contributed by atoms with van der Waals surface area (Å²) in [7, 11) is -3.19. The van der Waals surface area contributed by atoms with Crippen LogP contribution in [0.25, 0.3) is 0 Å². The summed E-state index contributed by atoms with van der Waals surface area (Å²) in [5.41, 5.74) is -0.775. The third kappa shape index (κ3) is 2.44. The fourth-order valence-corrected chi connectivity index (χ4v) is 3.08. The number of ketones is 1. The van der Waals surface area contributed by atoms with Gasteiger partial charge in [-0.3, -0.25) is 9.36 Å². The highest BCUT2D eigenvalue weighted by Gasteiger charge is 2.42. The molecule has 5 heteroatoms. The zero-order valence-corrected chi connectivity index (χ0v) is 9.97. The molecule has 82 valence electrons. The minimum atomic E-state index is -3.19. The minimum absolute atomic E-state index is 0.121. The van der Waals surface area contributed by atoms with Gasteiger partial charge in [0.2, 0.25) is 0 Å². The summed E-state index contributed by atoms with van der Waals surface area (Å²) < 4.78 is 22.4. The highest BCUT2D eigenvalue weighted by atomic mass is 31.2. The lowest BCUT2D eigenvalue weighted by Crippen LogP contribution is -2.33. The van der Waals surface area contributed by atoms with Crippen molar-refractivity contribution in [1.82, 2.24) is 0 Å². The van der Waals surface area contributed by atoms with E-state index < -0.39 is 13.3 Å². The van der Waals surface area contributed by atoms with Gasteiger partial charge in [-0.1, -0.05) is 13.8 Å². The van der Waals surface area contributed by atoms with Crippen LogP contribution in [0, 0.1) is 5.41 Å². The SMILES string of the molecule is CC(=O)C(C)P1(=O)OCC(C)(C)CO1. The molecule has 0 saturated carbocycles. The summed E-state index contributed by atoms with van der Waals surface area (Å²) >= 11 is 0. The third-order valence-corrected chi connectivity index (χ3v) is 4.62. The number of hydrogen-bond donors (Lipinski definition) is 0. The van der Waals surface area contributed by atoms with Gasteiger partial charge in [0.25, 0.3) is 0 Å². The van der Waals surface area contributed by atoms with Crippen molar-refractivity contribution in [2.45, 2.75) is 33.4 Å². The zero-order chi connectivity index (χ0) is 11.0. The highest BCUT2D eigenvalue weighted by Crippen LogP contribution is 2.57. The average Bonchev–Trinajstić information content (AvgIpc) is 2.09. The van der Waals surface area contributed by atoms with Crippen LogP contribution in [-0.4, -0.2) is 24.7 Å². The third-order valence-electron chi connectivity index (χ3n) is 2.33. The first-order chi connectivity index (χ1) is 6.27. The van der Waals surface area contributed by atoms with Gasteiger partial charge in [-0.15, -0.1) is 0 Å². The summed E-state index contributed by atoms with van der Waals surface area (Å²) in [5.74, 6) is -0.159. The molecule has 0 aromatic carbocycles. The average molecular weight is 220 g/mol. The number of carbonyl (C=O) groups excluding carboxylic acids is 1. The Morgan fingerprint density at radius 1 is 1.36 bits per heavy atom. The maximum Gasteiger partial charge on any atom is 0.340 e. The number of carbonyl (C=O) groups is 1. The largest absolute Gasteiger partial charge is 0.340 e. The summed E-state index contributed by atoms with van der Waals surface area (Å²) in [6.45, 7) is 7.67. The predicted octanol–water partition coefficient (Wildman–Crippen LogP) is 2.23. The quantitative estimate of drug-likeness (QED) is 0.669. The fraction of sp³-hybridized carbons (Fsp3) is 0.889. The second-order valence-corrected chi connectivity index (χ2v) is 6.91. The molecule has 1 saturated heterocycles. The normalized spacial score (nSPS) is 26.9. The molecular weight excluding hydrogens is 203 g/mol. The first-order valence-electron chi connectivity index (χ1n) is 4.66. The van der Waals surface area contributed by atoms with Gasteiger partial charge in [-0.25, -0.2) is 0 Å². The molecule has 1 fully saturated rings. The van der Waals surface area contributed by atoms with E-state index in [0.717, 1.165) is 0 Å².